The van der Waals surface area contributed by atoms with Crippen molar-refractivity contribution in [2.24, 2.45) is 0 Å². The molecule has 2 heterocycles. The minimum absolute atomic E-state index is 0.000934. The summed E-state index contributed by atoms with van der Waals surface area (Å²) < 4.78 is 6.98. The second-order valence-electron chi connectivity index (χ2n) is 6.06. The van der Waals surface area contributed by atoms with Crippen molar-refractivity contribution in [3.05, 3.63) is 71.4 Å². The Kier molecular flexibility index (Phi) is 5.28. The number of hydrogen-bond donors (Lipinski definition) is 1. The maximum Gasteiger partial charge on any atom is 0.220 e. The Balaban J connectivity index is 1.66. The van der Waals surface area contributed by atoms with Gasteiger partial charge in [0, 0.05) is 24.4 Å². The summed E-state index contributed by atoms with van der Waals surface area (Å²) in [5, 5.41) is 11.3. The predicted molar refractivity (Wildman–Crippen MR) is 93.9 cm³/mol. The van der Waals surface area contributed by atoms with Crippen LogP contribution in [0, 0.1) is 13.8 Å². The lowest BCUT2D eigenvalue weighted by molar-refractivity contribution is -0.121. The fraction of sp³-hybridized carbons (Fsp3) is 0.316. The van der Waals surface area contributed by atoms with Gasteiger partial charge in [0.1, 0.15) is 5.76 Å². The molecule has 6 nitrogen and oxygen atoms in total. The average Bonchev–Trinajstić information content (AvgIpc) is 3.24. The van der Waals surface area contributed by atoms with E-state index in [-0.39, 0.29) is 11.9 Å². The van der Waals surface area contributed by atoms with Crippen LogP contribution in [-0.2, 0) is 17.8 Å². The van der Waals surface area contributed by atoms with Gasteiger partial charge < -0.3 is 9.84 Å². The summed E-state index contributed by atoms with van der Waals surface area (Å²) in [4.78, 5) is 12.5. The van der Waals surface area contributed by atoms with Crippen LogP contribution in [0.25, 0.3) is 0 Å². The van der Waals surface area contributed by atoms with Gasteiger partial charge in [0.25, 0.3) is 0 Å². The second-order valence-corrected chi connectivity index (χ2v) is 6.06. The lowest BCUT2D eigenvalue weighted by Crippen LogP contribution is -2.31. The molecule has 0 aliphatic heterocycles. The molecular weight excluding hydrogens is 316 g/mol. The van der Waals surface area contributed by atoms with Crippen LogP contribution in [0.2, 0.25) is 0 Å². The number of aromatic nitrogens is 3. The zero-order chi connectivity index (χ0) is 17.6. The number of carbonyl (C=O) groups is 1. The summed E-state index contributed by atoms with van der Waals surface area (Å²) in [5.74, 6) is 0.780. The molecule has 0 bridgehead atoms. The van der Waals surface area contributed by atoms with E-state index in [9.17, 15) is 4.79 Å². The molecule has 25 heavy (non-hydrogen) atoms. The number of aryl methyl sites for hydroxylation is 2. The third-order valence-corrected chi connectivity index (χ3v) is 4.25. The Bertz CT molecular complexity index is 790. The summed E-state index contributed by atoms with van der Waals surface area (Å²) >= 11 is 0. The van der Waals surface area contributed by atoms with Crippen molar-refractivity contribution in [2.45, 2.75) is 39.3 Å². The first-order chi connectivity index (χ1) is 12.1. The maximum atomic E-state index is 12.5. The summed E-state index contributed by atoms with van der Waals surface area (Å²) in [6, 6.07) is 11.7. The van der Waals surface area contributed by atoms with Crippen molar-refractivity contribution in [1.82, 2.24) is 20.3 Å². The number of benzene rings is 1. The first kappa shape index (κ1) is 17.0. The van der Waals surface area contributed by atoms with E-state index in [0.29, 0.717) is 19.4 Å². The SMILES string of the molecule is Cc1noc(C)c1CCC(=O)N[C@H](Cn1cccn1)c1ccccc1. The lowest BCUT2D eigenvalue weighted by atomic mass is 10.1. The van der Waals surface area contributed by atoms with Crippen molar-refractivity contribution in [1.29, 1.82) is 0 Å². The second kappa shape index (κ2) is 7.79. The Morgan fingerprint density at radius 3 is 2.68 bits per heavy atom. The highest BCUT2D eigenvalue weighted by Crippen LogP contribution is 2.17. The van der Waals surface area contributed by atoms with E-state index in [1.807, 2.05) is 61.1 Å². The molecule has 0 saturated carbocycles. The monoisotopic (exact) mass is 338 g/mol. The van der Waals surface area contributed by atoms with Crippen LogP contribution in [0.3, 0.4) is 0 Å². The molecule has 3 rings (SSSR count). The van der Waals surface area contributed by atoms with Crippen molar-refractivity contribution in [3.63, 3.8) is 0 Å². The molecule has 0 radical (unpaired) electrons. The number of carbonyl (C=O) groups excluding carboxylic acids is 1. The molecule has 130 valence electrons. The Labute approximate surface area is 146 Å². The van der Waals surface area contributed by atoms with Crippen molar-refractivity contribution in [2.75, 3.05) is 0 Å². The number of nitrogens with zero attached hydrogens (tertiary/aromatic N) is 3. The summed E-state index contributed by atoms with van der Waals surface area (Å²) in [6.07, 6.45) is 4.65. The van der Waals surface area contributed by atoms with Crippen LogP contribution in [-0.4, -0.2) is 20.8 Å². The highest BCUT2D eigenvalue weighted by Gasteiger charge is 2.17. The topological polar surface area (TPSA) is 73.0 Å². The smallest absolute Gasteiger partial charge is 0.220 e. The Morgan fingerprint density at radius 2 is 2.04 bits per heavy atom. The fourth-order valence-electron chi connectivity index (χ4n) is 2.88. The van der Waals surface area contributed by atoms with Gasteiger partial charge in [-0.1, -0.05) is 35.5 Å². The highest BCUT2D eigenvalue weighted by molar-refractivity contribution is 5.76. The van der Waals surface area contributed by atoms with E-state index >= 15 is 0 Å². The molecule has 0 unspecified atom stereocenters. The summed E-state index contributed by atoms with van der Waals surface area (Å²) in [5.41, 5.74) is 2.92. The number of hydrogen-bond acceptors (Lipinski definition) is 4. The summed E-state index contributed by atoms with van der Waals surface area (Å²) in [7, 11) is 0. The number of amides is 1. The van der Waals surface area contributed by atoms with Gasteiger partial charge in [-0.05, 0) is 31.9 Å². The molecule has 2 aromatic heterocycles. The van der Waals surface area contributed by atoms with E-state index in [4.69, 9.17) is 4.52 Å². The van der Waals surface area contributed by atoms with Gasteiger partial charge in [-0.2, -0.15) is 5.10 Å². The molecule has 0 aliphatic carbocycles. The fourth-order valence-corrected chi connectivity index (χ4v) is 2.88. The van der Waals surface area contributed by atoms with E-state index in [0.717, 1.165) is 22.6 Å². The normalized spacial score (nSPS) is 12.1. The molecule has 0 aliphatic rings. The Morgan fingerprint density at radius 1 is 1.24 bits per heavy atom. The Hall–Kier alpha value is -2.89. The predicted octanol–water partition coefficient (Wildman–Crippen LogP) is 2.98. The van der Waals surface area contributed by atoms with Crippen LogP contribution in [0.1, 0.15) is 35.0 Å². The van der Waals surface area contributed by atoms with Crippen LogP contribution < -0.4 is 5.32 Å². The largest absolute Gasteiger partial charge is 0.361 e. The van der Waals surface area contributed by atoms with Crippen LogP contribution in [0.5, 0.6) is 0 Å². The van der Waals surface area contributed by atoms with E-state index in [1.54, 1.807) is 6.20 Å². The van der Waals surface area contributed by atoms with Gasteiger partial charge in [-0.3, -0.25) is 9.48 Å². The maximum absolute atomic E-state index is 12.5. The number of nitrogens with one attached hydrogen (secondary N) is 1. The minimum atomic E-state index is -0.127. The van der Waals surface area contributed by atoms with Crippen molar-refractivity contribution < 1.29 is 9.32 Å². The van der Waals surface area contributed by atoms with E-state index in [2.05, 4.69) is 15.6 Å². The molecule has 1 atom stereocenters. The molecule has 3 aromatic rings. The standard InChI is InChI=1S/C19H22N4O2/c1-14-17(15(2)25-22-14)9-10-19(24)21-18(13-23-12-6-11-20-23)16-7-4-3-5-8-16/h3-8,11-12,18H,9-10,13H2,1-2H3,(H,21,24)/t18-/m1/s1. The lowest BCUT2D eigenvalue weighted by Gasteiger charge is -2.19. The highest BCUT2D eigenvalue weighted by atomic mass is 16.5. The molecule has 0 saturated heterocycles. The molecular formula is C19H22N4O2. The molecule has 6 heteroatoms. The molecule has 1 N–H and O–H groups in total. The van der Waals surface area contributed by atoms with Gasteiger partial charge in [-0.25, -0.2) is 0 Å². The molecule has 0 spiro atoms. The van der Waals surface area contributed by atoms with Crippen LogP contribution in [0.15, 0.2) is 53.3 Å². The average molecular weight is 338 g/mol. The number of rotatable bonds is 7. The summed E-state index contributed by atoms with van der Waals surface area (Å²) in [6.45, 7) is 4.36. The minimum Gasteiger partial charge on any atom is -0.361 e. The van der Waals surface area contributed by atoms with E-state index < -0.39 is 0 Å². The zero-order valence-electron chi connectivity index (χ0n) is 14.5. The van der Waals surface area contributed by atoms with E-state index in [1.165, 1.54) is 0 Å². The third-order valence-electron chi connectivity index (χ3n) is 4.25. The third kappa shape index (κ3) is 4.35. The van der Waals surface area contributed by atoms with Crippen molar-refractivity contribution >= 4 is 5.91 Å². The van der Waals surface area contributed by atoms with Gasteiger partial charge >= 0.3 is 0 Å². The molecule has 1 amide bonds. The van der Waals surface area contributed by atoms with Crippen LogP contribution in [0.4, 0.5) is 0 Å². The first-order valence-corrected chi connectivity index (χ1v) is 8.37. The van der Waals surface area contributed by atoms with Gasteiger partial charge in [0.05, 0.1) is 18.3 Å². The first-order valence-electron chi connectivity index (χ1n) is 8.37. The van der Waals surface area contributed by atoms with Gasteiger partial charge in [-0.15, -0.1) is 0 Å². The quantitative estimate of drug-likeness (QED) is 0.719. The van der Waals surface area contributed by atoms with Gasteiger partial charge in [0.15, 0.2) is 0 Å². The molecule has 1 aromatic carbocycles. The van der Waals surface area contributed by atoms with Crippen LogP contribution >= 0.6 is 0 Å². The zero-order valence-corrected chi connectivity index (χ0v) is 14.5. The van der Waals surface area contributed by atoms with Gasteiger partial charge in [0.2, 0.25) is 5.91 Å². The molecule has 0 fully saturated rings. The van der Waals surface area contributed by atoms with Crippen molar-refractivity contribution in [3.8, 4) is 0 Å².